The van der Waals surface area contributed by atoms with Gasteiger partial charge < -0.3 is 30.8 Å². The number of carbonyl (C=O) groups is 3. The largest absolute Gasteiger partial charge is 0.481 e. The summed E-state index contributed by atoms with van der Waals surface area (Å²) in [5.41, 5.74) is 0. The van der Waals surface area contributed by atoms with Gasteiger partial charge in [0.1, 0.15) is 0 Å². The number of aliphatic hydroxyl groups excluding tert-OH is 2. The van der Waals surface area contributed by atoms with E-state index in [1.165, 1.54) is 0 Å². The van der Waals surface area contributed by atoms with Gasteiger partial charge in [-0.05, 0) is 0 Å². The molecule has 0 aliphatic rings. The van der Waals surface area contributed by atoms with E-state index in [4.69, 9.17) is 35.1 Å². The predicted octanol–water partition coefficient (Wildman–Crippen LogP) is -0.777. The van der Waals surface area contributed by atoms with Crippen molar-refractivity contribution in [2.45, 2.75) is 27.2 Å². The minimum absolute atomic E-state index is 0.139. The van der Waals surface area contributed by atoms with Crippen molar-refractivity contribution in [2.75, 3.05) is 26.3 Å². The Morgan fingerprint density at radius 1 is 0.850 bits per heavy atom. The number of aliphatic carboxylic acids is 3. The molecule has 9 nitrogen and oxygen atoms in total. The molecule has 20 heavy (non-hydrogen) atoms. The molecular formula is C11H25NO8. The molecule has 0 fully saturated rings. The molecule has 0 radical (unpaired) electrons. The molecule has 0 aliphatic carbocycles. The molecule has 0 aromatic carbocycles. The van der Waals surface area contributed by atoms with Crippen LogP contribution in [0.4, 0.5) is 0 Å². The summed E-state index contributed by atoms with van der Waals surface area (Å²) in [6.07, 6.45) is 0.222. The lowest BCUT2D eigenvalue weighted by atomic mass is 10.5. The van der Waals surface area contributed by atoms with E-state index in [1.54, 1.807) is 6.92 Å². The number of nitrogens with one attached hydrogen (secondary N) is 1. The van der Waals surface area contributed by atoms with E-state index in [0.29, 0.717) is 13.1 Å². The molecule has 0 heterocycles. The van der Waals surface area contributed by atoms with Gasteiger partial charge in [-0.3, -0.25) is 14.4 Å². The van der Waals surface area contributed by atoms with E-state index < -0.39 is 17.9 Å². The first-order valence-corrected chi connectivity index (χ1v) is 5.68. The molecule has 9 heteroatoms. The molecule has 0 saturated carbocycles. The van der Waals surface area contributed by atoms with Crippen LogP contribution in [0.25, 0.3) is 0 Å². The lowest BCUT2D eigenvalue weighted by Crippen LogP contribution is -2.21. The third-order valence-corrected chi connectivity index (χ3v) is 0.880. The highest BCUT2D eigenvalue weighted by molar-refractivity contribution is 5.66. The highest BCUT2D eigenvalue weighted by Gasteiger charge is 1.81. The first-order valence-electron chi connectivity index (χ1n) is 5.68. The van der Waals surface area contributed by atoms with Crippen molar-refractivity contribution in [3.63, 3.8) is 0 Å². The summed E-state index contributed by atoms with van der Waals surface area (Å²) in [7, 11) is 0. The van der Waals surface area contributed by atoms with Gasteiger partial charge >= 0.3 is 5.97 Å². The lowest BCUT2D eigenvalue weighted by Gasteiger charge is -1.94. The van der Waals surface area contributed by atoms with Gasteiger partial charge in [-0.15, -0.1) is 0 Å². The van der Waals surface area contributed by atoms with Gasteiger partial charge in [-0.1, -0.05) is 6.92 Å². The van der Waals surface area contributed by atoms with E-state index in [1.807, 2.05) is 0 Å². The third kappa shape index (κ3) is 207. The Bertz CT molecular complexity index is 208. The number of rotatable bonds is 5. The summed E-state index contributed by atoms with van der Waals surface area (Å²) >= 11 is 0. The van der Waals surface area contributed by atoms with Gasteiger partial charge in [0.05, 0.1) is 13.2 Å². The molecule has 0 aromatic heterocycles. The third-order valence-electron chi connectivity index (χ3n) is 0.880. The maximum Gasteiger partial charge on any atom is 0.303 e. The molecule has 0 aliphatic heterocycles. The van der Waals surface area contributed by atoms with Crippen LogP contribution in [0.2, 0.25) is 0 Å². The van der Waals surface area contributed by atoms with Gasteiger partial charge in [0.15, 0.2) is 0 Å². The summed E-state index contributed by atoms with van der Waals surface area (Å²) in [5, 5.41) is 41.6. The Labute approximate surface area is 117 Å². The van der Waals surface area contributed by atoms with Crippen LogP contribution in [-0.4, -0.2) is 69.7 Å². The van der Waals surface area contributed by atoms with Crippen molar-refractivity contribution < 1.29 is 39.9 Å². The maximum absolute atomic E-state index is 9.37. The highest BCUT2D eigenvalue weighted by Crippen LogP contribution is 1.67. The highest BCUT2D eigenvalue weighted by atomic mass is 16.4. The van der Waals surface area contributed by atoms with Crippen LogP contribution in [0, 0.1) is 0 Å². The average Bonchev–Trinajstić information content (AvgIpc) is 2.29. The molecule has 6 N–H and O–H groups in total. The van der Waals surface area contributed by atoms with Crippen molar-refractivity contribution in [3.05, 3.63) is 0 Å². The second-order valence-corrected chi connectivity index (χ2v) is 2.98. The summed E-state index contributed by atoms with van der Waals surface area (Å²) in [6, 6.07) is 0. The van der Waals surface area contributed by atoms with Crippen molar-refractivity contribution in [2.24, 2.45) is 0 Å². The molecule has 122 valence electrons. The summed E-state index contributed by atoms with van der Waals surface area (Å²) in [5.74, 6) is -2.41. The molecule has 0 saturated heterocycles. The fourth-order valence-electron chi connectivity index (χ4n) is 0.283. The first kappa shape index (κ1) is 26.8. The van der Waals surface area contributed by atoms with Crippen LogP contribution in [-0.2, 0) is 14.4 Å². The van der Waals surface area contributed by atoms with E-state index in [0.717, 1.165) is 13.8 Å². The standard InChI is InChI=1S/C4H11NO2.C3H6O2.2C2H4O2/c6-3-1-5-2-4-7;1-2-3(4)5;2*1-2(3)4/h5-7H,1-4H2;2H2,1H3,(H,4,5);2*1H3,(H,3,4). The van der Waals surface area contributed by atoms with Gasteiger partial charge in [0.2, 0.25) is 0 Å². The Morgan fingerprint density at radius 2 is 1.05 bits per heavy atom. The molecule has 0 amide bonds. The molecule has 0 rings (SSSR count). The topological polar surface area (TPSA) is 164 Å². The number of hydrogen-bond donors (Lipinski definition) is 6. The number of carboxylic acids is 3. The maximum atomic E-state index is 9.37. The Hall–Kier alpha value is -1.71. The van der Waals surface area contributed by atoms with Gasteiger partial charge in [0, 0.05) is 33.4 Å². The van der Waals surface area contributed by atoms with Crippen LogP contribution >= 0.6 is 0 Å². The molecule has 0 unspecified atom stereocenters. The first-order chi connectivity index (χ1) is 9.15. The summed E-state index contributed by atoms with van der Waals surface area (Å²) in [6.45, 7) is 5.18. The van der Waals surface area contributed by atoms with Gasteiger partial charge in [-0.2, -0.15) is 0 Å². The van der Waals surface area contributed by atoms with Crippen LogP contribution in [0.5, 0.6) is 0 Å². The van der Waals surface area contributed by atoms with Gasteiger partial charge in [0.25, 0.3) is 11.9 Å². The molecule has 0 aromatic rings. The molecule has 0 spiro atoms. The second-order valence-electron chi connectivity index (χ2n) is 2.98. The zero-order valence-electron chi connectivity index (χ0n) is 12.0. The van der Waals surface area contributed by atoms with E-state index >= 15 is 0 Å². The lowest BCUT2D eigenvalue weighted by molar-refractivity contribution is -0.137. The number of carboxylic acid groups (broad SMARTS) is 3. The monoisotopic (exact) mass is 299 g/mol. The normalized spacial score (nSPS) is 7.65. The van der Waals surface area contributed by atoms with E-state index in [2.05, 4.69) is 5.32 Å². The Morgan fingerprint density at radius 3 is 1.15 bits per heavy atom. The fourth-order valence-corrected chi connectivity index (χ4v) is 0.283. The van der Waals surface area contributed by atoms with E-state index in [-0.39, 0.29) is 19.6 Å². The van der Waals surface area contributed by atoms with Crippen LogP contribution < -0.4 is 5.32 Å². The molecular weight excluding hydrogens is 274 g/mol. The summed E-state index contributed by atoms with van der Waals surface area (Å²) in [4.78, 5) is 27.4. The summed E-state index contributed by atoms with van der Waals surface area (Å²) < 4.78 is 0. The zero-order valence-corrected chi connectivity index (χ0v) is 12.0. The quantitative estimate of drug-likeness (QED) is 0.357. The Balaban J connectivity index is -0.0000000883. The SMILES string of the molecule is CC(=O)O.CC(=O)O.CCC(=O)O.OCCNCCO. The van der Waals surface area contributed by atoms with Crippen molar-refractivity contribution in [3.8, 4) is 0 Å². The average molecular weight is 299 g/mol. The Kier molecular flexibility index (Phi) is 34.8. The molecule has 0 bridgehead atoms. The van der Waals surface area contributed by atoms with Crippen LogP contribution in [0.3, 0.4) is 0 Å². The van der Waals surface area contributed by atoms with Crippen LogP contribution in [0.15, 0.2) is 0 Å². The van der Waals surface area contributed by atoms with Crippen molar-refractivity contribution in [1.29, 1.82) is 0 Å². The number of aliphatic hydroxyl groups is 2. The minimum atomic E-state index is -0.833. The predicted molar refractivity (Wildman–Crippen MR) is 71.6 cm³/mol. The van der Waals surface area contributed by atoms with Crippen LogP contribution in [0.1, 0.15) is 27.2 Å². The molecule has 0 atom stereocenters. The number of hydrogen-bond acceptors (Lipinski definition) is 6. The second kappa shape index (κ2) is 26.0. The smallest absolute Gasteiger partial charge is 0.303 e. The van der Waals surface area contributed by atoms with Crippen molar-refractivity contribution in [1.82, 2.24) is 5.32 Å². The fraction of sp³-hybridized carbons (Fsp3) is 0.727. The van der Waals surface area contributed by atoms with Gasteiger partial charge in [-0.25, -0.2) is 0 Å². The van der Waals surface area contributed by atoms with Crippen molar-refractivity contribution >= 4 is 17.9 Å². The minimum Gasteiger partial charge on any atom is -0.481 e. The van der Waals surface area contributed by atoms with E-state index in [9.17, 15) is 4.79 Å². The zero-order chi connectivity index (χ0) is 17.0.